The van der Waals surface area contributed by atoms with Crippen molar-refractivity contribution in [1.82, 2.24) is 9.78 Å². The van der Waals surface area contributed by atoms with Crippen molar-refractivity contribution in [3.05, 3.63) is 47.7 Å². The van der Waals surface area contributed by atoms with E-state index in [0.29, 0.717) is 6.04 Å². The van der Waals surface area contributed by atoms with Gasteiger partial charge in [0.25, 0.3) is 0 Å². The number of nitrogens with one attached hydrogen (secondary N) is 1. The van der Waals surface area contributed by atoms with Crippen molar-refractivity contribution >= 4 is 11.7 Å². The zero-order valence-corrected chi connectivity index (χ0v) is 15.4. The second-order valence-electron chi connectivity index (χ2n) is 6.71. The number of nitrogens with zero attached hydrogens (tertiary/aromatic N) is 2. The molecule has 0 bridgehead atoms. The third-order valence-electron chi connectivity index (χ3n) is 4.62. The summed E-state index contributed by atoms with van der Waals surface area (Å²) in [4.78, 5) is 13.0. The molecule has 1 aromatic carbocycles. The first kappa shape index (κ1) is 18.2. The molecule has 1 unspecified atom stereocenters. The molecule has 0 spiro atoms. The number of anilines is 1. The molecule has 1 atom stereocenters. The predicted molar refractivity (Wildman–Crippen MR) is 99.2 cm³/mol. The Morgan fingerprint density at radius 1 is 1.17 bits per heavy atom. The standard InChI is InChI=1S/C20H29N3O/c1-6-17(7-2)23-19(15(5)13-21-23)22-20(24)18(14(3)4)16-11-9-8-10-12-16/h8-14,17-18H,6-7H2,1-5H3,(H,22,24). The van der Waals surface area contributed by atoms with Crippen LogP contribution < -0.4 is 5.32 Å². The summed E-state index contributed by atoms with van der Waals surface area (Å²) in [7, 11) is 0. The van der Waals surface area contributed by atoms with Gasteiger partial charge in [-0.05, 0) is 31.2 Å². The van der Waals surface area contributed by atoms with E-state index in [2.05, 4.69) is 38.1 Å². The molecule has 2 rings (SSSR count). The molecular formula is C20H29N3O. The van der Waals surface area contributed by atoms with E-state index in [0.717, 1.165) is 29.8 Å². The summed E-state index contributed by atoms with van der Waals surface area (Å²) in [5, 5.41) is 7.64. The fraction of sp³-hybridized carbons (Fsp3) is 0.500. The average molecular weight is 327 g/mol. The van der Waals surface area contributed by atoms with Gasteiger partial charge in [-0.1, -0.05) is 58.0 Å². The van der Waals surface area contributed by atoms with Crippen molar-refractivity contribution < 1.29 is 4.79 Å². The van der Waals surface area contributed by atoms with Crippen molar-refractivity contribution in [2.75, 3.05) is 5.32 Å². The lowest BCUT2D eigenvalue weighted by Gasteiger charge is -2.23. The Bertz CT molecular complexity index is 657. The molecular weight excluding hydrogens is 298 g/mol. The quantitative estimate of drug-likeness (QED) is 0.783. The van der Waals surface area contributed by atoms with E-state index < -0.39 is 0 Å². The lowest BCUT2D eigenvalue weighted by Crippen LogP contribution is -2.27. The van der Waals surface area contributed by atoms with Gasteiger partial charge in [-0.2, -0.15) is 5.10 Å². The minimum atomic E-state index is -0.171. The molecule has 4 heteroatoms. The van der Waals surface area contributed by atoms with Gasteiger partial charge in [-0.15, -0.1) is 0 Å². The van der Waals surface area contributed by atoms with E-state index in [9.17, 15) is 4.79 Å². The molecule has 1 amide bonds. The molecule has 0 saturated heterocycles. The number of hydrogen-bond acceptors (Lipinski definition) is 2. The Balaban J connectivity index is 2.30. The lowest BCUT2D eigenvalue weighted by atomic mass is 9.87. The molecule has 0 aliphatic carbocycles. The number of aryl methyl sites for hydroxylation is 1. The maximum absolute atomic E-state index is 13.0. The average Bonchev–Trinajstić information content (AvgIpc) is 2.91. The number of aromatic nitrogens is 2. The smallest absolute Gasteiger partial charge is 0.233 e. The van der Waals surface area contributed by atoms with Crippen LogP contribution in [-0.4, -0.2) is 15.7 Å². The Morgan fingerprint density at radius 3 is 2.33 bits per heavy atom. The highest BCUT2D eigenvalue weighted by molar-refractivity contribution is 5.96. The highest BCUT2D eigenvalue weighted by Gasteiger charge is 2.26. The summed E-state index contributed by atoms with van der Waals surface area (Å²) in [5.41, 5.74) is 2.06. The highest BCUT2D eigenvalue weighted by atomic mass is 16.2. The van der Waals surface area contributed by atoms with Gasteiger partial charge >= 0.3 is 0 Å². The van der Waals surface area contributed by atoms with E-state index in [4.69, 9.17) is 0 Å². The van der Waals surface area contributed by atoms with Crippen LogP contribution in [0.3, 0.4) is 0 Å². The molecule has 0 aliphatic heterocycles. The second-order valence-corrected chi connectivity index (χ2v) is 6.71. The minimum absolute atomic E-state index is 0.0343. The number of rotatable bonds is 7. The Kier molecular flexibility index (Phi) is 6.18. The number of amides is 1. The van der Waals surface area contributed by atoms with E-state index in [1.54, 1.807) is 0 Å². The first-order chi connectivity index (χ1) is 11.5. The van der Waals surface area contributed by atoms with Gasteiger partial charge in [0.1, 0.15) is 5.82 Å². The van der Waals surface area contributed by atoms with Crippen LogP contribution in [-0.2, 0) is 4.79 Å². The van der Waals surface area contributed by atoms with Gasteiger partial charge < -0.3 is 5.32 Å². The first-order valence-electron chi connectivity index (χ1n) is 8.89. The number of benzene rings is 1. The fourth-order valence-electron chi connectivity index (χ4n) is 3.21. The number of hydrogen-bond donors (Lipinski definition) is 1. The molecule has 1 aromatic heterocycles. The number of carbonyl (C=O) groups excluding carboxylic acids is 1. The SMILES string of the molecule is CCC(CC)n1ncc(C)c1NC(=O)C(c1ccccc1)C(C)C. The first-order valence-corrected chi connectivity index (χ1v) is 8.89. The molecule has 130 valence electrons. The maximum Gasteiger partial charge on any atom is 0.233 e. The maximum atomic E-state index is 13.0. The summed E-state index contributed by atoms with van der Waals surface area (Å²) in [6, 6.07) is 10.3. The zero-order chi connectivity index (χ0) is 17.7. The molecule has 0 aliphatic rings. The normalized spacial score (nSPS) is 12.6. The Hall–Kier alpha value is -2.10. The van der Waals surface area contributed by atoms with Crippen LogP contribution in [0.4, 0.5) is 5.82 Å². The van der Waals surface area contributed by atoms with Crippen LogP contribution in [0.25, 0.3) is 0 Å². The van der Waals surface area contributed by atoms with E-state index >= 15 is 0 Å². The molecule has 0 fully saturated rings. The summed E-state index contributed by atoms with van der Waals surface area (Å²) in [5.74, 6) is 0.912. The van der Waals surface area contributed by atoms with Crippen LogP contribution >= 0.6 is 0 Å². The van der Waals surface area contributed by atoms with Gasteiger partial charge in [0.2, 0.25) is 5.91 Å². The van der Waals surface area contributed by atoms with Crippen molar-refractivity contribution in [3.8, 4) is 0 Å². The molecule has 24 heavy (non-hydrogen) atoms. The summed E-state index contributed by atoms with van der Waals surface area (Å²) in [6.45, 7) is 10.5. The summed E-state index contributed by atoms with van der Waals surface area (Å²) < 4.78 is 1.97. The van der Waals surface area contributed by atoms with E-state index in [-0.39, 0.29) is 17.7 Å². The molecule has 4 nitrogen and oxygen atoms in total. The second kappa shape index (κ2) is 8.13. The molecule has 2 aromatic rings. The zero-order valence-electron chi connectivity index (χ0n) is 15.4. The predicted octanol–water partition coefficient (Wildman–Crippen LogP) is 4.93. The Morgan fingerprint density at radius 2 is 1.79 bits per heavy atom. The highest BCUT2D eigenvalue weighted by Crippen LogP contribution is 2.28. The van der Waals surface area contributed by atoms with Gasteiger partial charge in [-0.3, -0.25) is 4.79 Å². The number of carbonyl (C=O) groups is 1. The Labute approximate surface area is 145 Å². The summed E-state index contributed by atoms with van der Waals surface area (Å²) in [6.07, 6.45) is 3.82. The fourth-order valence-corrected chi connectivity index (χ4v) is 3.21. The van der Waals surface area contributed by atoms with Crippen molar-refractivity contribution in [1.29, 1.82) is 0 Å². The van der Waals surface area contributed by atoms with Crippen molar-refractivity contribution in [2.45, 2.75) is 59.4 Å². The van der Waals surface area contributed by atoms with Crippen molar-refractivity contribution in [2.24, 2.45) is 5.92 Å². The van der Waals surface area contributed by atoms with Gasteiger partial charge in [-0.25, -0.2) is 4.68 Å². The third-order valence-corrected chi connectivity index (χ3v) is 4.62. The van der Waals surface area contributed by atoms with Crippen LogP contribution in [0.2, 0.25) is 0 Å². The molecule has 0 saturated carbocycles. The van der Waals surface area contributed by atoms with Crippen LogP contribution in [0.15, 0.2) is 36.5 Å². The van der Waals surface area contributed by atoms with Gasteiger partial charge in [0, 0.05) is 5.56 Å². The van der Waals surface area contributed by atoms with Crippen molar-refractivity contribution in [3.63, 3.8) is 0 Å². The van der Waals surface area contributed by atoms with Crippen LogP contribution in [0.5, 0.6) is 0 Å². The third kappa shape index (κ3) is 3.86. The van der Waals surface area contributed by atoms with E-state index in [1.807, 2.05) is 48.1 Å². The van der Waals surface area contributed by atoms with Crippen LogP contribution in [0, 0.1) is 12.8 Å². The molecule has 0 radical (unpaired) electrons. The molecule has 1 heterocycles. The van der Waals surface area contributed by atoms with Gasteiger partial charge in [0.05, 0.1) is 18.2 Å². The van der Waals surface area contributed by atoms with E-state index in [1.165, 1.54) is 0 Å². The summed E-state index contributed by atoms with van der Waals surface area (Å²) >= 11 is 0. The monoisotopic (exact) mass is 327 g/mol. The lowest BCUT2D eigenvalue weighted by molar-refractivity contribution is -0.118. The topological polar surface area (TPSA) is 46.9 Å². The molecule has 1 N–H and O–H groups in total. The van der Waals surface area contributed by atoms with Crippen LogP contribution in [0.1, 0.15) is 63.6 Å². The van der Waals surface area contributed by atoms with Gasteiger partial charge in [0.15, 0.2) is 0 Å². The minimum Gasteiger partial charge on any atom is -0.310 e. The largest absolute Gasteiger partial charge is 0.310 e.